The summed E-state index contributed by atoms with van der Waals surface area (Å²) in [4.78, 5) is 13.8. The number of hydrogen-bond acceptors (Lipinski definition) is 5. The molecule has 1 aliphatic heterocycles. The largest absolute Gasteiger partial charge is 0.466 e. The molecule has 19 heavy (non-hydrogen) atoms. The summed E-state index contributed by atoms with van der Waals surface area (Å²) in [6.07, 6.45) is 3.23. The van der Waals surface area contributed by atoms with Crippen LogP contribution in [0.2, 0.25) is 0 Å². The van der Waals surface area contributed by atoms with E-state index in [-0.39, 0.29) is 18.0 Å². The average molecular weight is 271 g/mol. The van der Waals surface area contributed by atoms with E-state index in [1.807, 2.05) is 6.92 Å². The lowest BCUT2D eigenvalue weighted by Gasteiger charge is -2.37. The van der Waals surface area contributed by atoms with Crippen molar-refractivity contribution in [2.24, 2.45) is 5.92 Å². The molecule has 110 valence electrons. The molecule has 0 spiro atoms. The Morgan fingerprint density at radius 2 is 2.05 bits per heavy atom. The number of carbonyl (C=O) groups is 1. The molecule has 1 saturated carbocycles. The van der Waals surface area contributed by atoms with Gasteiger partial charge in [-0.25, -0.2) is 0 Å². The smallest absolute Gasteiger partial charge is 0.308 e. The highest BCUT2D eigenvalue weighted by Gasteiger charge is 2.38. The Morgan fingerprint density at radius 1 is 1.37 bits per heavy atom. The van der Waals surface area contributed by atoms with E-state index in [0.29, 0.717) is 45.4 Å². The molecule has 2 aliphatic rings. The summed E-state index contributed by atoms with van der Waals surface area (Å²) in [6.45, 7) is 4.36. The lowest BCUT2D eigenvalue weighted by atomic mass is 9.78. The fourth-order valence-corrected chi connectivity index (χ4v) is 3.18. The normalized spacial score (nSPS) is 36.4. The van der Waals surface area contributed by atoms with E-state index in [1.165, 1.54) is 0 Å². The number of rotatable bonds is 4. The molecule has 2 rings (SSSR count). The molecule has 1 aliphatic carbocycles. The van der Waals surface area contributed by atoms with Crippen molar-refractivity contribution >= 4 is 5.97 Å². The van der Waals surface area contributed by atoms with Gasteiger partial charge in [0.25, 0.3) is 0 Å². The van der Waals surface area contributed by atoms with Crippen molar-refractivity contribution in [3.8, 4) is 0 Å². The molecule has 0 radical (unpaired) electrons. The van der Waals surface area contributed by atoms with Crippen molar-refractivity contribution in [2.75, 3.05) is 26.2 Å². The van der Waals surface area contributed by atoms with Gasteiger partial charge in [-0.1, -0.05) is 0 Å². The van der Waals surface area contributed by atoms with E-state index in [9.17, 15) is 15.0 Å². The van der Waals surface area contributed by atoms with Crippen LogP contribution in [0.4, 0.5) is 0 Å². The maximum atomic E-state index is 11.6. The number of nitrogens with zero attached hydrogens (tertiary/aromatic N) is 1. The summed E-state index contributed by atoms with van der Waals surface area (Å²) in [7, 11) is 0. The molecular weight excluding hydrogens is 246 g/mol. The molecule has 2 N–H and O–H groups in total. The fraction of sp³-hybridized carbons (Fsp3) is 0.929. The Hall–Kier alpha value is -0.650. The van der Waals surface area contributed by atoms with E-state index < -0.39 is 5.60 Å². The lowest BCUT2D eigenvalue weighted by Crippen LogP contribution is -2.46. The Labute approximate surface area is 114 Å². The number of esters is 1. The molecule has 0 aromatic carbocycles. The second kappa shape index (κ2) is 6.20. The van der Waals surface area contributed by atoms with Crippen LogP contribution in [0.15, 0.2) is 0 Å². The Bertz CT molecular complexity index is 313. The van der Waals surface area contributed by atoms with Crippen molar-refractivity contribution in [3.63, 3.8) is 0 Å². The van der Waals surface area contributed by atoms with Crippen LogP contribution in [-0.4, -0.2) is 59.0 Å². The van der Waals surface area contributed by atoms with Crippen molar-refractivity contribution in [3.05, 3.63) is 0 Å². The van der Waals surface area contributed by atoms with Gasteiger partial charge in [-0.05, 0) is 39.0 Å². The minimum absolute atomic E-state index is 0.0515. The highest BCUT2D eigenvalue weighted by atomic mass is 16.5. The summed E-state index contributed by atoms with van der Waals surface area (Å²) < 4.78 is 5.03. The monoisotopic (exact) mass is 271 g/mol. The molecule has 5 nitrogen and oxygen atoms in total. The number of hydrogen-bond donors (Lipinski definition) is 2. The summed E-state index contributed by atoms with van der Waals surface area (Å²) in [5, 5.41) is 20.1. The molecule has 1 saturated heterocycles. The van der Waals surface area contributed by atoms with E-state index in [1.54, 1.807) is 0 Å². The first-order chi connectivity index (χ1) is 9.02. The zero-order valence-corrected chi connectivity index (χ0v) is 11.7. The van der Waals surface area contributed by atoms with E-state index in [4.69, 9.17) is 4.74 Å². The van der Waals surface area contributed by atoms with E-state index in [2.05, 4.69) is 4.90 Å². The van der Waals surface area contributed by atoms with Gasteiger partial charge in [0.2, 0.25) is 0 Å². The number of likely N-dealkylation sites (tertiary alicyclic amines) is 1. The molecule has 1 heterocycles. The predicted molar refractivity (Wildman–Crippen MR) is 70.6 cm³/mol. The Balaban J connectivity index is 1.79. The number of β-amino-alcohol motifs (C(OH)–C–C–N with tert-alkyl or cyclic N) is 2. The standard InChI is InChI=1S/C14H25NO4/c1-2-19-13(17)11-3-6-14(18,7-4-11)10-15-8-5-12(16)9-15/h11-12,16,18H,2-10H2,1H3. The van der Waals surface area contributed by atoms with Crippen LogP contribution < -0.4 is 0 Å². The minimum Gasteiger partial charge on any atom is -0.466 e. The third-order valence-electron chi connectivity index (χ3n) is 4.30. The van der Waals surface area contributed by atoms with Gasteiger partial charge in [-0.3, -0.25) is 9.69 Å². The van der Waals surface area contributed by atoms with E-state index >= 15 is 0 Å². The van der Waals surface area contributed by atoms with Crippen LogP contribution in [0.3, 0.4) is 0 Å². The molecule has 0 bridgehead atoms. The van der Waals surface area contributed by atoms with Gasteiger partial charge >= 0.3 is 5.97 Å². The first-order valence-electron chi connectivity index (χ1n) is 7.32. The van der Waals surface area contributed by atoms with Gasteiger partial charge in [0.1, 0.15) is 0 Å². The third-order valence-corrected chi connectivity index (χ3v) is 4.30. The van der Waals surface area contributed by atoms with Gasteiger partial charge in [0, 0.05) is 19.6 Å². The number of aliphatic hydroxyl groups excluding tert-OH is 1. The zero-order valence-electron chi connectivity index (χ0n) is 11.7. The Kier molecular flexibility index (Phi) is 4.81. The van der Waals surface area contributed by atoms with Crippen LogP contribution in [0.25, 0.3) is 0 Å². The van der Waals surface area contributed by atoms with Gasteiger partial charge in [-0.15, -0.1) is 0 Å². The van der Waals surface area contributed by atoms with Crippen LogP contribution in [0.5, 0.6) is 0 Å². The molecule has 0 aromatic heterocycles. The van der Waals surface area contributed by atoms with Crippen molar-refractivity contribution in [1.82, 2.24) is 4.90 Å². The molecule has 2 fully saturated rings. The maximum Gasteiger partial charge on any atom is 0.308 e. The SMILES string of the molecule is CCOC(=O)C1CCC(O)(CN2CCC(O)C2)CC1. The second-order valence-electron chi connectivity index (χ2n) is 5.93. The first kappa shape index (κ1) is 14.8. The molecule has 1 atom stereocenters. The number of ether oxygens (including phenoxy) is 1. The lowest BCUT2D eigenvalue weighted by molar-refractivity contribution is -0.151. The quantitative estimate of drug-likeness (QED) is 0.730. The molecule has 5 heteroatoms. The fourth-order valence-electron chi connectivity index (χ4n) is 3.18. The van der Waals surface area contributed by atoms with Gasteiger partial charge in [0.05, 0.1) is 24.2 Å². The topological polar surface area (TPSA) is 70.0 Å². The summed E-state index contributed by atoms with van der Waals surface area (Å²) >= 11 is 0. The number of aliphatic hydroxyl groups is 2. The molecule has 1 unspecified atom stereocenters. The summed E-state index contributed by atoms with van der Waals surface area (Å²) in [6, 6.07) is 0. The second-order valence-corrected chi connectivity index (χ2v) is 5.93. The first-order valence-corrected chi connectivity index (χ1v) is 7.32. The summed E-state index contributed by atoms with van der Waals surface area (Å²) in [5.41, 5.74) is -0.701. The van der Waals surface area contributed by atoms with Crippen LogP contribution in [-0.2, 0) is 9.53 Å². The highest BCUT2D eigenvalue weighted by Crippen LogP contribution is 2.34. The zero-order chi connectivity index (χ0) is 13.9. The minimum atomic E-state index is -0.701. The average Bonchev–Trinajstić information content (AvgIpc) is 2.75. The van der Waals surface area contributed by atoms with Gasteiger partial charge in [-0.2, -0.15) is 0 Å². The molecule has 0 aromatic rings. The Morgan fingerprint density at radius 3 is 2.58 bits per heavy atom. The summed E-state index contributed by atoms with van der Waals surface area (Å²) in [5.74, 6) is -0.175. The highest BCUT2D eigenvalue weighted by molar-refractivity contribution is 5.72. The van der Waals surface area contributed by atoms with Crippen LogP contribution in [0, 0.1) is 5.92 Å². The molecular formula is C14H25NO4. The van der Waals surface area contributed by atoms with Gasteiger partial charge in [0.15, 0.2) is 0 Å². The number of carbonyl (C=O) groups excluding carboxylic acids is 1. The van der Waals surface area contributed by atoms with Crippen LogP contribution >= 0.6 is 0 Å². The van der Waals surface area contributed by atoms with Crippen molar-refractivity contribution < 1.29 is 19.7 Å². The van der Waals surface area contributed by atoms with Crippen LogP contribution in [0.1, 0.15) is 39.0 Å². The third kappa shape index (κ3) is 3.91. The molecule has 0 amide bonds. The van der Waals surface area contributed by atoms with E-state index in [0.717, 1.165) is 13.0 Å². The maximum absolute atomic E-state index is 11.6. The van der Waals surface area contributed by atoms with Crippen molar-refractivity contribution in [1.29, 1.82) is 0 Å². The van der Waals surface area contributed by atoms with Crippen molar-refractivity contribution in [2.45, 2.75) is 50.7 Å². The van der Waals surface area contributed by atoms with Gasteiger partial charge < -0.3 is 14.9 Å². The predicted octanol–water partition coefficient (Wildman–Crippen LogP) is 0.537.